The highest BCUT2D eigenvalue weighted by Gasteiger charge is 2.35. The van der Waals surface area contributed by atoms with E-state index in [-0.39, 0.29) is 4.90 Å². The van der Waals surface area contributed by atoms with E-state index in [1.165, 1.54) is 12.3 Å². The summed E-state index contributed by atoms with van der Waals surface area (Å²) in [7, 11) is -1.34. The number of piperidine rings is 1. The van der Waals surface area contributed by atoms with E-state index in [1.807, 2.05) is 36.7 Å². The molecule has 0 amide bonds. The number of aliphatic hydroxyl groups is 1. The second-order valence-electron chi connectivity index (χ2n) is 10.8. The van der Waals surface area contributed by atoms with E-state index in [4.69, 9.17) is 4.98 Å². The van der Waals surface area contributed by atoms with E-state index in [2.05, 4.69) is 18.7 Å². The minimum absolute atomic E-state index is 0.272. The molecule has 0 atom stereocenters. The number of hydrogen-bond donors (Lipinski definition) is 1. The molecule has 0 aliphatic carbocycles. The molecule has 6 nitrogen and oxygen atoms in total. The zero-order valence-corrected chi connectivity index (χ0v) is 23.3. The van der Waals surface area contributed by atoms with Gasteiger partial charge in [-0.2, -0.15) is 0 Å². The third-order valence-corrected chi connectivity index (χ3v) is 9.08. The van der Waals surface area contributed by atoms with Crippen LogP contribution in [0.3, 0.4) is 0 Å². The quantitative estimate of drug-likeness (QED) is 0.368. The predicted molar refractivity (Wildman–Crippen MR) is 149 cm³/mol. The largest absolute Gasteiger partial charge is 0.385 e. The molecule has 0 radical (unpaired) electrons. The van der Waals surface area contributed by atoms with Gasteiger partial charge in [0.25, 0.3) is 0 Å². The lowest BCUT2D eigenvalue weighted by atomic mass is 9.83. The first kappa shape index (κ1) is 26.5. The summed E-state index contributed by atoms with van der Waals surface area (Å²) in [5.41, 5.74) is 3.96. The van der Waals surface area contributed by atoms with Crippen LogP contribution in [0.1, 0.15) is 37.9 Å². The van der Waals surface area contributed by atoms with Gasteiger partial charge in [-0.15, -0.1) is 0 Å². The van der Waals surface area contributed by atoms with Crippen molar-refractivity contribution in [2.75, 3.05) is 19.3 Å². The number of aromatic nitrogens is 2. The SMILES string of the molecule is Cc1nc(-c2ccc(C3(O)CCN(C(C)C)CC3)cc2F)cc2c1cc(-c1ccc(S(C)(=O)=O)cc1)n2C. The number of pyridine rings is 1. The van der Waals surface area contributed by atoms with E-state index >= 15 is 4.39 Å². The van der Waals surface area contributed by atoms with Crippen molar-refractivity contribution in [2.24, 2.45) is 7.05 Å². The summed E-state index contributed by atoms with van der Waals surface area (Å²) in [6.45, 7) is 7.76. The molecule has 1 saturated heterocycles. The average molecular weight is 536 g/mol. The van der Waals surface area contributed by atoms with Gasteiger partial charge in [-0.05, 0) is 81.1 Å². The van der Waals surface area contributed by atoms with Crippen LogP contribution in [-0.4, -0.2) is 53.4 Å². The summed E-state index contributed by atoms with van der Waals surface area (Å²) in [5.74, 6) is -0.403. The molecule has 2 aromatic heterocycles. The van der Waals surface area contributed by atoms with Crippen molar-refractivity contribution < 1.29 is 17.9 Å². The standard InChI is InChI=1S/C30H34FN3O3S/c1-19(2)34-14-12-30(35,13-15-34)22-8-11-24(26(31)16-22)27-18-29-25(20(3)32-27)17-28(33(29)4)21-6-9-23(10-7-21)38(5,36)37/h6-11,16-19,35H,12-15H2,1-5H3. The normalized spacial score (nSPS) is 16.4. The molecule has 4 aromatic rings. The van der Waals surface area contributed by atoms with Crippen molar-refractivity contribution in [3.63, 3.8) is 0 Å². The Balaban J connectivity index is 1.49. The van der Waals surface area contributed by atoms with Crippen LogP contribution in [0, 0.1) is 12.7 Å². The molecule has 1 fully saturated rings. The van der Waals surface area contributed by atoms with E-state index < -0.39 is 21.3 Å². The topological polar surface area (TPSA) is 75.4 Å². The number of likely N-dealkylation sites (tertiary alicyclic amines) is 1. The van der Waals surface area contributed by atoms with Gasteiger partial charge in [0.05, 0.1) is 21.7 Å². The highest BCUT2D eigenvalue weighted by atomic mass is 32.2. The zero-order valence-electron chi connectivity index (χ0n) is 22.5. The third kappa shape index (κ3) is 4.77. The summed E-state index contributed by atoms with van der Waals surface area (Å²) < 4.78 is 41.2. The Morgan fingerprint density at radius 3 is 2.26 bits per heavy atom. The van der Waals surface area contributed by atoms with Crippen LogP contribution in [0.5, 0.6) is 0 Å². The van der Waals surface area contributed by atoms with E-state index in [1.54, 1.807) is 30.3 Å². The molecule has 8 heteroatoms. The molecule has 0 saturated carbocycles. The number of hydrogen-bond acceptors (Lipinski definition) is 5. The van der Waals surface area contributed by atoms with Crippen molar-refractivity contribution in [1.29, 1.82) is 0 Å². The number of rotatable bonds is 5. The highest BCUT2D eigenvalue weighted by molar-refractivity contribution is 7.90. The molecule has 3 heterocycles. The van der Waals surface area contributed by atoms with Gasteiger partial charge in [0.15, 0.2) is 9.84 Å². The summed E-state index contributed by atoms with van der Waals surface area (Å²) in [4.78, 5) is 7.32. The van der Waals surface area contributed by atoms with Crippen molar-refractivity contribution in [3.05, 3.63) is 71.7 Å². The van der Waals surface area contributed by atoms with Gasteiger partial charge in [-0.1, -0.05) is 18.2 Å². The molecule has 0 unspecified atom stereocenters. The van der Waals surface area contributed by atoms with Gasteiger partial charge in [-0.3, -0.25) is 4.98 Å². The zero-order chi connectivity index (χ0) is 27.4. The number of benzene rings is 2. The first-order valence-electron chi connectivity index (χ1n) is 12.9. The molecule has 38 heavy (non-hydrogen) atoms. The van der Waals surface area contributed by atoms with Crippen molar-refractivity contribution in [2.45, 2.75) is 50.2 Å². The van der Waals surface area contributed by atoms with Gasteiger partial charge < -0.3 is 14.6 Å². The first-order chi connectivity index (χ1) is 17.9. The Labute approximate surface area is 223 Å². The second kappa shape index (κ2) is 9.59. The minimum atomic E-state index is -3.27. The Morgan fingerprint density at radius 2 is 1.68 bits per heavy atom. The fraction of sp³-hybridized carbons (Fsp3) is 0.367. The molecular weight excluding hydrogens is 501 g/mol. The fourth-order valence-corrected chi connectivity index (χ4v) is 6.11. The van der Waals surface area contributed by atoms with Crippen molar-refractivity contribution in [1.82, 2.24) is 14.5 Å². The maximum atomic E-state index is 15.5. The van der Waals surface area contributed by atoms with Gasteiger partial charge in [0.1, 0.15) is 5.82 Å². The predicted octanol–water partition coefficient (Wildman–Crippen LogP) is 5.45. The number of nitrogens with zero attached hydrogens (tertiary/aromatic N) is 3. The Bertz CT molecular complexity index is 1620. The Hall–Kier alpha value is -3.07. The van der Waals surface area contributed by atoms with Gasteiger partial charge in [-0.25, -0.2) is 12.8 Å². The molecule has 1 aliphatic rings. The molecule has 1 N–H and O–H groups in total. The molecule has 200 valence electrons. The summed E-state index contributed by atoms with van der Waals surface area (Å²) in [5, 5.41) is 12.2. The van der Waals surface area contributed by atoms with Crippen molar-refractivity contribution in [3.8, 4) is 22.5 Å². The third-order valence-electron chi connectivity index (χ3n) is 7.95. The average Bonchev–Trinajstić information content (AvgIpc) is 3.20. The molecular formula is C30H34FN3O3S. The maximum absolute atomic E-state index is 15.5. The van der Waals surface area contributed by atoms with Crippen LogP contribution in [-0.2, 0) is 22.5 Å². The lowest BCUT2D eigenvalue weighted by Crippen LogP contribution is -2.45. The molecule has 0 bridgehead atoms. The van der Waals surface area contributed by atoms with Crippen molar-refractivity contribution >= 4 is 20.7 Å². The molecule has 5 rings (SSSR count). The van der Waals surface area contributed by atoms with Crippen LogP contribution >= 0.6 is 0 Å². The summed E-state index contributed by atoms with van der Waals surface area (Å²) in [6, 6.07) is 16.1. The highest BCUT2D eigenvalue weighted by Crippen LogP contribution is 2.37. The Morgan fingerprint density at radius 1 is 1.03 bits per heavy atom. The van der Waals surface area contributed by atoms with Crippen LogP contribution in [0.2, 0.25) is 0 Å². The number of halogens is 1. The van der Waals surface area contributed by atoms with Crippen LogP contribution in [0.15, 0.2) is 59.5 Å². The number of fused-ring (bicyclic) bond motifs is 1. The molecule has 0 spiro atoms. The van der Waals surface area contributed by atoms with E-state index in [0.717, 1.165) is 40.9 Å². The smallest absolute Gasteiger partial charge is 0.175 e. The van der Waals surface area contributed by atoms with Crippen LogP contribution in [0.25, 0.3) is 33.4 Å². The lowest BCUT2D eigenvalue weighted by molar-refractivity contribution is -0.0325. The van der Waals surface area contributed by atoms with Gasteiger partial charge >= 0.3 is 0 Å². The number of sulfone groups is 1. The van der Waals surface area contributed by atoms with Gasteiger partial charge in [0, 0.05) is 54.8 Å². The molecule has 1 aliphatic heterocycles. The van der Waals surface area contributed by atoms with Crippen LogP contribution in [0.4, 0.5) is 4.39 Å². The summed E-state index contributed by atoms with van der Waals surface area (Å²) >= 11 is 0. The number of aryl methyl sites for hydroxylation is 2. The maximum Gasteiger partial charge on any atom is 0.175 e. The lowest BCUT2D eigenvalue weighted by Gasteiger charge is -2.40. The van der Waals surface area contributed by atoms with E-state index in [0.29, 0.717) is 35.7 Å². The fourth-order valence-electron chi connectivity index (χ4n) is 5.48. The second-order valence-corrected chi connectivity index (χ2v) is 12.8. The van der Waals surface area contributed by atoms with E-state index in [9.17, 15) is 13.5 Å². The monoisotopic (exact) mass is 535 g/mol. The Kier molecular flexibility index (Phi) is 6.70. The van der Waals surface area contributed by atoms with Crippen LogP contribution < -0.4 is 0 Å². The minimum Gasteiger partial charge on any atom is -0.385 e. The summed E-state index contributed by atoms with van der Waals surface area (Å²) in [6.07, 6.45) is 2.34. The molecule has 2 aromatic carbocycles. The first-order valence-corrected chi connectivity index (χ1v) is 14.8. The van der Waals surface area contributed by atoms with Gasteiger partial charge in [0.2, 0.25) is 0 Å².